The van der Waals surface area contributed by atoms with E-state index in [1.165, 1.54) is 0 Å². The first kappa shape index (κ1) is 31.9. The van der Waals surface area contributed by atoms with Crippen molar-refractivity contribution in [3.05, 3.63) is 60.2 Å². The van der Waals surface area contributed by atoms with Crippen LogP contribution >= 0.6 is 0 Å². The Labute approximate surface area is 231 Å². The summed E-state index contributed by atoms with van der Waals surface area (Å²) in [4.78, 5) is 15.5. The molecule has 2 aromatic rings. The number of hydrogen-bond donors (Lipinski definition) is 1. The van der Waals surface area contributed by atoms with Crippen LogP contribution < -0.4 is 10.5 Å². The molecule has 0 saturated carbocycles. The third-order valence-corrected chi connectivity index (χ3v) is 7.40. The molecule has 0 unspecified atom stereocenters. The van der Waals surface area contributed by atoms with Gasteiger partial charge in [0, 0.05) is 5.69 Å². The van der Waals surface area contributed by atoms with Crippen LogP contribution in [0.3, 0.4) is 0 Å². The van der Waals surface area contributed by atoms with E-state index < -0.39 is 22.2 Å². The van der Waals surface area contributed by atoms with Gasteiger partial charge in [-0.2, -0.15) is 0 Å². The van der Waals surface area contributed by atoms with Crippen molar-refractivity contribution in [2.75, 3.05) is 25.5 Å². The Bertz CT molecular complexity index is 983. The standard InChI is InChI=1S/C29H48N2O5Si2/c1-29(2,3)35-28(32)31(20-27(36-38(7,8)9)22-33-26-13-11-10-12-14-26)25(21-34-37(4,5)6)19-23-15-17-24(30)18-16-23/h10-18,25,27H,19-22,30H2,1-9H3/t25-,27-/m0/s1. The summed E-state index contributed by atoms with van der Waals surface area (Å²) in [6, 6.07) is 17.2. The summed E-state index contributed by atoms with van der Waals surface area (Å²) < 4.78 is 24.9. The van der Waals surface area contributed by atoms with E-state index in [0.29, 0.717) is 31.9 Å². The molecule has 0 aromatic heterocycles. The molecule has 212 valence electrons. The van der Waals surface area contributed by atoms with Crippen LogP contribution in [0.15, 0.2) is 54.6 Å². The molecule has 0 heterocycles. The lowest BCUT2D eigenvalue weighted by atomic mass is 10.0. The molecule has 2 aromatic carbocycles. The third kappa shape index (κ3) is 13.0. The molecule has 0 saturated heterocycles. The van der Waals surface area contributed by atoms with Gasteiger partial charge in [0.05, 0.1) is 25.3 Å². The number of amides is 1. The number of nitrogens with two attached hydrogens (primary N) is 1. The average Bonchev–Trinajstić information content (AvgIpc) is 2.78. The van der Waals surface area contributed by atoms with Gasteiger partial charge in [0.2, 0.25) is 0 Å². The largest absolute Gasteiger partial charge is 0.491 e. The van der Waals surface area contributed by atoms with Gasteiger partial charge in [-0.25, -0.2) is 4.79 Å². The molecule has 2 rings (SSSR count). The summed E-state index contributed by atoms with van der Waals surface area (Å²) >= 11 is 0. The number of nitrogens with zero attached hydrogens (tertiary/aromatic N) is 1. The van der Waals surface area contributed by atoms with E-state index in [-0.39, 0.29) is 18.2 Å². The van der Waals surface area contributed by atoms with Crippen LogP contribution in [0.1, 0.15) is 26.3 Å². The van der Waals surface area contributed by atoms with E-state index in [0.717, 1.165) is 11.3 Å². The van der Waals surface area contributed by atoms with Gasteiger partial charge in [0.15, 0.2) is 16.6 Å². The van der Waals surface area contributed by atoms with E-state index in [1.807, 2.05) is 75.4 Å². The molecule has 1 amide bonds. The first-order valence-electron chi connectivity index (χ1n) is 13.3. The van der Waals surface area contributed by atoms with Gasteiger partial charge in [-0.1, -0.05) is 30.3 Å². The topological polar surface area (TPSA) is 83.2 Å². The molecule has 0 spiro atoms. The Morgan fingerprint density at radius 3 is 2.03 bits per heavy atom. The number of para-hydroxylation sites is 1. The Morgan fingerprint density at radius 2 is 1.50 bits per heavy atom. The summed E-state index contributed by atoms with van der Waals surface area (Å²) in [5.74, 6) is 0.765. The van der Waals surface area contributed by atoms with Crippen LogP contribution in [0.2, 0.25) is 39.3 Å². The predicted molar refractivity (Wildman–Crippen MR) is 161 cm³/mol. The van der Waals surface area contributed by atoms with E-state index in [4.69, 9.17) is 24.1 Å². The predicted octanol–water partition coefficient (Wildman–Crippen LogP) is 6.57. The number of carbonyl (C=O) groups excluding carboxylic acids is 1. The van der Waals surface area contributed by atoms with E-state index in [2.05, 4.69) is 39.3 Å². The SMILES string of the molecule is CC(C)(C)OC(=O)N(C[C@@H](COc1ccccc1)O[Si](C)(C)C)[C@H](CO[Si](C)(C)C)Cc1ccc(N)cc1. The molecule has 0 radical (unpaired) electrons. The molecular weight excluding hydrogens is 513 g/mol. The number of ether oxygens (including phenoxy) is 2. The molecule has 0 aliphatic rings. The molecular formula is C29H48N2O5Si2. The Kier molecular flexibility index (Phi) is 11.4. The minimum atomic E-state index is -1.97. The number of carbonyl (C=O) groups is 1. The number of nitrogen functional groups attached to an aromatic ring is 1. The van der Waals surface area contributed by atoms with Gasteiger partial charge in [0.25, 0.3) is 0 Å². The summed E-state index contributed by atoms with van der Waals surface area (Å²) in [6.45, 7) is 19.5. The van der Waals surface area contributed by atoms with Crippen LogP contribution in [0.5, 0.6) is 5.75 Å². The summed E-state index contributed by atoms with van der Waals surface area (Å²) in [5.41, 5.74) is 7.06. The van der Waals surface area contributed by atoms with Crippen molar-refractivity contribution in [1.29, 1.82) is 0 Å². The van der Waals surface area contributed by atoms with Gasteiger partial charge in [0.1, 0.15) is 18.0 Å². The normalized spacial score (nSPS) is 14.0. The van der Waals surface area contributed by atoms with Gasteiger partial charge in [-0.05, 0) is 96.3 Å². The fourth-order valence-corrected chi connectivity index (χ4v) is 5.61. The van der Waals surface area contributed by atoms with Crippen molar-refractivity contribution >= 4 is 28.4 Å². The Balaban J connectivity index is 2.40. The molecule has 0 aliphatic heterocycles. The number of anilines is 1. The number of hydrogen-bond acceptors (Lipinski definition) is 6. The summed E-state index contributed by atoms with van der Waals surface area (Å²) in [5, 5.41) is 0. The lowest BCUT2D eigenvalue weighted by Gasteiger charge is -2.38. The maximum absolute atomic E-state index is 13.7. The minimum Gasteiger partial charge on any atom is -0.491 e. The molecule has 0 fully saturated rings. The van der Waals surface area contributed by atoms with Gasteiger partial charge >= 0.3 is 6.09 Å². The van der Waals surface area contributed by atoms with Crippen LogP contribution in [-0.2, 0) is 20.0 Å². The highest BCUT2D eigenvalue weighted by Crippen LogP contribution is 2.21. The molecule has 38 heavy (non-hydrogen) atoms. The Hall–Kier alpha value is -2.34. The second kappa shape index (κ2) is 13.6. The Morgan fingerprint density at radius 1 is 0.895 bits per heavy atom. The van der Waals surface area contributed by atoms with Crippen molar-refractivity contribution in [2.45, 2.75) is 84.2 Å². The van der Waals surface area contributed by atoms with Crippen molar-refractivity contribution in [1.82, 2.24) is 4.90 Å². The van der Waals surface area contributed by atoms with Crippen molar-refractivity contribution in [3.63, 3.8) is 0 Å². The summed E-state index contributed by atoms with van der Waals surface area (Å²) in [6.07, 6.45) is -0.125. The summed E-state index contributed by atoms with van der Waals surface area (Å²) in [7, 11) is -3.83. The van der Waals surface area contributed by atoms with E-state index >= 15 is 0 Å². The number of benzene rings is 2. The van der Waals surface area contributed by atoms with Crippen LogP contribution in [0.25, 0.3) is 0 Å². The molecule has 2 atom stereocenters. The van der Waals surface area contributed by atoms with Crippen molar-refractivity contribution in [2.24, 2.45) is 0 Å². The van der Waals surface area contributed by atoms with Crippen molar-refractivity contribution in [3.8, 4) is 5.75 Å². The van der Waals surface area contributed by atoms with E-state index in [9.17, 15) is 4.79 Å². The molecule has 0 bridgehead atoms. The third-order valence-electron chi connectivity index (χ3n) is 5.33. The van der Waals surface area contributed by atoms with Gasteiger partial charge in [-0.3, -0.25) is 4.90 Å². The maximum atomic E-state index is 13.7. The first-order chi connectivity index (χ1) is 17.5. The zero-order chi connectivity index (χ0) is 28.6. The second-order valence-electron chi connectivity index (χ2n) is 12.6. The lowest BCUT2D eigenvalue weighted by molar-refractivity contribution is -0.00511. The molecule has 9 heteroatoms. The fourth-order valence-electron chi connectivity index (χ4n) is 3.77. The maximum Gasteiger partial charge on any atom is 0.410 e. The molecule has 2 N–H and O–H groups in total. The van der Waals surface area contributed by atoms with Crippen LogP contribution in [0, 0.1) is 0 Å². The first-order valence-corrected chi connectivity index (χ1v) is 20.2. The van der Waals surface area contributed by atoms with Crippen LogP contribution in [0.4, 0.5) is 10.5 Å². The van der Waals surface area contributed by atoms with Crippen LogP contribution in [-0.4, -0.2) is 65.1 Å². The highest BCUT2D eigenvalue weighted by atomic mass is 28.4. The monoisotopic (exact) mass is 560 g/mol. The lowest BCUT2D eigenvalue weighted by Crippen LogP contribution is -2.53. The quantitative estimate of drug-likeness (QED) is 0.220. The van der Waals surface area contributed by atoms with Crippen molar-refractivity contribution < 1.29 is 23.1 Å². The highest BCUT2D eigenvalue weighted by Gasteiger charge is 2.34. The van der Waals surface area contributed by atoms with Gasteiger partial charge in [-0.15, -0.1) is 0 Å². The van der Waals surface area contributed by atoms with Gasteiger partial charge < -0.3 is 24.1 Å². The fraction of sp³-hybridized carbons (Fsp3) is 0.552. The number of rotatable bonds is 13. The van der Waals surface area contributed by atoms with E-state index in [1.54, 1.807) is 4.90 Å². The zero-order valence-corrected chi connectivity index (χ0v) is 26.7. The smallest absolute Gasteiger partial charge is 0.410 e. The zero-order valence-electron chi connectivity index (χ0n) is 24.7. The minimum absolute atomic E-state index is 0.260. The molecule has 0 aliphatic carbocycles. The molecule has 7 nitrogen and oxygen atoms in total. The highest BCUT2D eigenvalue weighted by molar-refractivity contribution is 6.70. The second-order valence-corrected chi connectivity index (χ2v) is 21.6. The average molecular weight is 561 g/mol.